The largest absolute Gasteiger partial charge is 0.354 e. The van der Waals surface area contributed by atoms with E-state index < -0.39 is 28.5 Å². The molecule has 0 unspecified atom stereocenters. The highest BCUT2D eigenvalue weighted by molar-refractivity contribution is 7.92. The average molecular weight is 529 g/mol. The quantitative estimate of drug-likeness (QED) is 0.449. The molecule has 0 saturated carbocycles. The third-order valence-corrected chi connectivity index (χ3v) is 6.94. The van der Waals surface area contributed by atoms with Gasteiger partial charge in [0.1, 0.15) is 12.6 Å². The molecule has 0 spiro atoms. The van der Waals surface area contributed by atoms with Gasteiger partial charge in [-0.15, -0.1) is 0 Å². The Bertz CT molecular complexity index is 1080. The fourth-order valence-corrected chi connectivity index (χ4v) is 4.96. The van der Waals surface area contributed by atoms with E-state index in [0.29, 0.717) is 24.4 Å². The molecule has 34 heavy (non-hydrogen) atoms. The maximum Gasteiger partial charge on any atom is 0.244 e. The van der Waals surface area contributed by atoms with E-state index in [2.05, 4.69) is 5.32 Å². The molecule has 0 saturated heterocycles. The molecule has 10 heteroatoms. The third-order valence-electron chi connectivity index (χ3n) is 5.28. The number of carbonyl (C=O) groups excluding carboxylic acids is 2. The second-order valence-electron chi connectivity index (χ2n) is 7.90. The van der Waals surface area contributed by atoms with E-state index in [1.54, 1.807) is 0 Å². The molecule has 0 aliphatic rings. The third kappa shape index (κ3) is 7.89. The van der Waals surface area contributed by atoms with Crippen LogP contribution in [-0.4, -0.2) is 57.1 Å². The van der Waals surface area contributed by atoms with Gasteiger partial charge in [-0.1, -0.05) is 67.4 Å². The molecule has 2 rings (SSSR count). The Hall–Kier alpha value is -2.29. The Kier molecular flexibility index (Phi) is 10.7. The van der Waals surface area contributed by atoms with Crippen LogP contribution in [0.2, 0.25) is 10.0 Å². The summed E-state index contributed by atoms with van der Waals surface area (Å²) in [6, 6.07) is 13.2. The number of carbonyl (C=O) groups is 2. The predicted octanol–water partition coefficient (Wildman–Crippen LogP) is 4.14. The zero-order valence-corrected chi connectivity index (χ0v) is 22.0. The molecule has 2 amide bonds. The number of amides is 2. The Morgan fingerprint density at radius 2 is 1.74 bits per heavy atom. The fourth-order valence-electron chi connectivity index (χ4n) is 3.54. The zero-order valence-electron chi connectivity index (χ0n) is 19.6. The molecule has 186 valence electrons. The van der Waals surface area contributed by atoms with E-state index in [0.717, 1.165) is 22.5 Å². The van der Waals surface area contributed by atoms with Crippen LogP contribution in [0.3, 0.4) is 0 Å². The molecule has 0 heterocycles. The maximum absolute atomic E-state index is 13.5. The van der Waals surface area contributed by atoms with Gasteiger partial charge in [-0.2, -0.15) is 0 Å². The van der Waals surface area contributed by atoms with Crippen molar-refractivity contribution < 1.29 is 18.0 Å². The van der Waals surface area contributed by atoms with Crippen LogP contribution in [0, 0.1) is 0 Å². The topological polar surface area (TPSA) is 86.8 Å². The van der Waals surface area contributed by atoms with E-state index in [9.17, 15) is 18.0 Å². The van der Waals surface area contributed by atoms with Gasteiger partial charge in [-0.05, 0) is 43.0 Å². The van der Waals surface area contributed by atoms with Gasteiger partial charge in [-0.3, -0.25) is 13.9 Å². The summed E-state index contributed by atoms with van der Waals surface area (Å²) in [6.45, 7) is 4.02. The van der Waals surface area contributed by atoms with Gasteiger partial charge in [0.25, 0.3) is 0 Å². The molecule has 0 bridgehead atoms. The molecule has 0 radical (unpaired) electrons. The van der Waals surface area contributed by atoms with Crippen molar-refractivity contribution in [3.8, 4) is 0 Å². The Morgan fingerprint density at radius 1 is 1.06 bits per heavy atom. The minimum Gasteiger partial charge on any atom is -0.354 e. The first-order valence-corrected chi connectivity index (χ1v) is 13.7. The van der Waals surface area contributed by atoms with Gasteiger partial charge < -0.3 is 10.2 Å². The summed E-state index contributed by atoms with van der Waals surface area (Å²) in [4.78, 5) is 27.8. The van der Waals surface area contributed by atoms with Crippen molar-refractivity contribution in [3.63, 3.8) is 0 Å². The number of benzene rings is 2. The summed E-state index contributed by atoms with van der Waals surface area (Å²) in [7, 11) is -3.86. The van der Waals surface area contributed by atoms with Crippen molar-refractivity contribution in [3.05, 3.63) is 64.1 Å². The van der Waals surface area contributed by atoms with Crippen LogP contribution in [0.15, 0.2) is 48.5 Å². The van der Waals surface area contributed by atoms with Gasteiger partial charge in [-0.25, -0.2) is 8.42 Å². The summed E-state index contributed by atoms with van der Waals surface area (Å²) < 4.78 is 26.2. The Morgan fingerprint density at radius 3 is 2.29 bits per heavy atom. The van der Waals surface area contributed by atoms with Gasteiger partial charge in [0.2, 0.25) is 21.8 Å². The smallest absolute Gasteiger partial charge is 0.244 e. The number of hydrogen-bond acceptors (Lipinski definition) is 4. The summed E-state index contributed by atoms with van der Waals surface area (Å²) in [6.07, 6.45) is 2.67. The first-order chi connectivity index (χ1) is 16.1. The predicted molar refractivity (Wildman–Crippen MR) is 138 cm³/mol. The van der Waals surface area contributed by atoms with Crippen LogP contribution < -0.4 is 9.62 Å². The van der Waals surface area contributed by atoms with Crippen LogP contribution in [-0.2, 0) is 26.0 Å². The minimum atomic E-state index is -3.86. The van der Waals surface area contributed by atoms with Crippen molar-refractivity contribution in [2.45, 2.75) is 39.2 Å². The van der Waals surface area contributed by atoms with E-state index in [1.165, 1.54) is 23.1 Å². The maximum atomic E-state index is 13.5. The zero-order chi connectivity index (χ0) is 25.3. The molecule has 2 aromatic rings. The molecular weight excluding hydrogens is 497 g/mol. The molecular formula is C24H31Cl2N3O4S. The summed E-state index contributed by atoms with van der Waals surface area (Å²) in [5, 5.41) is 3.30. The van der Waals surface area contributed by atoms with E-state index in [-0.39, 0.29) is 23.2 Å². The monoisotopic (exact) mass is 527 g/mol. The van der Waals surface area contributed by atoms with E-state index >= 15 is 0 Å². The molecule has 1 atom stereocenters. The molecule has 0 aromatic heterocycles. The molecule has 7 nitrogen and oxygen atoms in total. The van der Waals surface area contributed by atoms with Crippen LogP contribution >= 0.6 is 23.2 Å². The van der Waals surface area contributed by atoms with Crippen LogP contribution in [0.5, 0.6) is 0 Å². The normalized spacial score (nSPS) is 12.1. The standard InChI is InChI=1S/C24H31Cl2N3O4S/c1-4-14-27-24(31)21(5-2)28(15-13-18-9-7-6-8-10-18)23(30)17-29(34(3,32)33)22-12-11-19(25)16-20(22)26/h6-12,16,21H,4-5,13-15,17H2,1-3H3,(H,27,31)/t21-/m1/s1. The average Bonchev–Trinajstić information content (AvgIpc) is 2.79. The number of anilines is 1. The molecule has 1 N–H and O–H groups in total. The summed E-state index contributed by atoms with van der Waals surface area (Å²) >= 11 is 12.2. The van der Waals surface area contributed by atoms with Gasteiger partial charge in [0.15, 0.2) is 0 Å². The van der Waals surface area contributed by atoms with Crippen LogP contribution in [0.1, 0.15) is 32.3 Å². The van der Waals surface area contributed by atoms with Gasteiger partial charge in [0.05, 0.1) is 17.0 Å². The van der Waals surface area contributed by atoms with E-state index in [1.807, 2.05) is 44.2 Å². The number of nitrogens with zero attached hydrogens (tertiary/aromatic N) is 2. The molecule has 2 aromatic carbocycles. The second kappa shape index (κ2) is 13.0. The lowest BCUT2D eigenvalue weighted by atomic mass is 10.1. The van der Waals surface area contributed by atoms with Crippen molar-refractivity contribution in [1.82, 2.24) is 10.2 Å². The van der Waals surface area contributed by atoms with Crippen LogP contribution in [0.25, 0.3) is 0 Å². The van der Waals surface area contributed by atoms with Crippen LogP contribution in [0.4, 0.5) is 5.69 Å². The van der Waals surface area contributed by atoms with Crippen molar-refractivity contribution >= 4 is 50.7 Å². The lowest BCUT2D eigenvalue weighted by Gasteiger charge is -2.33. The summed E-state index contributed by atoms with van der Waals surface area (Å²) in [5.74, 6) is -0.757. The highest BCUT2D eigenvalue weighted by atomic mass is 35.5. The lowest BCUT2D eigenvalue weighted by Crippen LogP contribution is -2.53. The first-order valence-electron chi connectivity index (χ1n) is 11.1. The molecule has 0 fully saturated rings. The number of halogens is 2. The fraction of sp³-hybridized carbons (Fsp3) is 0.417. The van der Waals surface area contributed by atoms with Gasteiger partial charge in [0, 0.05) is 18.1 Å². The number of rotatable bonds is 12. The summed E-state index contributed by atoms with van der Waals surface area (Å²) in [5.41, 5.74) is 1.15. The minimum absolute atomic E-state index is 0.106. The second-order valence-corrected chi connectivity index (χ2v) is 10.7. The number of nitrogens with one attached hydrogen (secondary N) is 1. The Labute approximate surface area is 212 Å². The van der Waals surface area contributed by atoms with Crippen molar-refractivity contribution in [2.75, 3.05) is 30.2 Å². The SMILES string of the molecule is CCCNC(=O)[C@@H](CC)N(CCc1ccccc1)C(=O)CN(c1ccc(Cl)cc1Cl)S(C)(=O)=O. The molecule has 0 aliphatic heterocycles. The van der Waals surface area contributed by atoms with E-state index in [4.69, 9.17) is 23.2 Å². The molecule has 0 aliphatic carbocycles. The number of hydrogen-bond donors (Lipinski definition) is 1. The van der Waals surface area contributed by atoms with Crippen molar-refractivity contribution in [2.24, 2.45) is 0 Å². The number of sulfonamides is 1. The highest BCUT2D eigenvalue weighted by Crippen LogP contribution is 2.30. The van der Waals surface area contributed by atoms with Crippen molar-refractivity contribution in [1.29, 1.82) is 0 Å². The Balaban J connectivity index is 2.37. The lowest BCUT2D eigenvalue weighted by molar-refractivity contribution is -0.139. The first kappa shape index (κ1) is 28.0. The van der Waals surface area contributed by atoms with Gasteiger partial charge >= 0.3 is 0 Å². The highest BCUT2D eigenvalue weighted by Gasteiger charge is 2.31.